The van der Waals surface area contributed by atoms with Crippen LogP contribution in [0.1, 0.15) is 123 Å². The predicted octanol–water partition coefficient (Wildman–Crippen LogP) is 8.12. The fraction of sp³-hybridized carbons (Fsp3) is 0.844. The van der Waals surface area contributed by atoms with Gasteiger partial charge in [-0.05, 0) is 103 Å². The Labute approximate surface area is 240 Å². The van der Waals surface area contributed by atoms with E-state index in [2.05, 4.69) is 47.8 Å². The van der Waals surface area contributed by atoms with Crippen molar-refractivity contribution in [3.8, 4) is 0 Å². The summed E-state index contributed by atoms with van der Waals surface area (Å²) in [6, 6.07) is 0. The summed E-state index contributed by atoms with van der Waals surface area (Å²) in [6.45, 7) is 8.97. The van der Waals surface area contributed by atoms with Gasteiger partial charge in [-0.15, -0.1) is 0 Å². The molecule has 2 N–H and O–H groups in total. The quantitative estimate of drug-likeness (QED) is 0.0400. The number of aliphatic hydroxyl groups excluding tert-OH is 1. The summed E-state index contributed by atoms with van der Waals surface area (Å²) in [5, 5.41) is 17.9. The molecule has 0 saturated heterocycles. The number of aliphatic hydroxyl groups is 1. The summed E-state index contributed by atoms with van der Waals surface area (Å²) >= 11 is 0. The highest BCUT2D eigenvalue weighted by Crippen LogP contribution is 2.13. The maximum Gasteiger partial charge on any atom is 0.505 e. The Morgan fingerprint density at radius 3 is 1.72 bits per heavy atom. The SMILES string of the molecule is CC/C=C\CCCCOC(CCCCCCCN(CCO)CCCCCOC(=O)O)OCCCC/C=C\CC. The first kappa shape index (κ1) is 37.6. The van der Waals surface area contributed by atoms with Gasteiger partial charge in [0.15, 0.2) is 6.29 Å². The monoisotopic (exact) mass is 555 g/mol. The topological polar surface area (TPSA) is 88.5 Å². The molecule has 0 fully saturated rings. The maximum absolute atomic E-state index is 10.4. The molecule has 0 aromatic rings. The zero-order valence-electron chi connectivity index (χ0n) is 25.3. The van der Waals surface area contributed by atoms with Gasteiger partial charge in [-0.1, -0.05) is 57.4 Å². The zero-order valence-corrected chi connectivity index (χ0v) is 25.3. The molecule has 0 amide bonds. The van der Waals surface area contributed by atoms with Gasteiger partial charge in [-0.3, -0.25) is 0 Å². The van der Waals surface area contributed by atoms with Crippen LogP contribution in [0.5, 0.6) is 0 Å². The first-order valence-corrected chi connectivity index (χ1v) is 15.9. The predicted molar refractivity (Wildman–Crippen MR) is 161 cm³/mol. The molecule has 0 heterocycles. The molecule has 0 bridgehead atoms. The summed E-state index contributed by atoms with van der Waals surface area (Å²) in [6.07, 6.45) is 26.2. The van der Waals surface area contributed by atoms with Crippen molar-refractivity contribution in [3.05, 3.63) is 24.3 Å². The minimum absolute atomic E-state index is 0.0803. The Morgan fingerprint density at radius 1 is 0.667 bits per heavy atom. The number of hydrogen-bond donors (Lipinski definition) is 2. The largest absolute Gasteiger partial charge is 0.505 e. The summed E-state index contributed by atoms with van der Waals surface area (Å²) in [7, 11) is 0. The highest BCUT2D eigenvalue weighted by Gasteiger charge is 2.10. The molecule has 0 atom stereocenters. The van der Waals surface area contributed by atoms with Crippen LogP contribution >= 0.6 is 0 Å². The summed E-state index contributed by atoms with van der Waals surface area (Å²) in [4.78, 5) is 12.7. The fourth-order valence-electron chi connectivity index (χ4n) is 4.37. The molecule has 230 valence electrons. The van der Waals surface area contributed by atoms with Crippen LogP contribution in [0.4, 0.5) is 4.79 Å². The second kappa shape index (κ2) is 31.1. The van der Waals surface area contributed by atoms with Gasteiger partial charge in [0.25, 0.3) is 0 Å². The number of carboxylic acid groups (broad SMARTS) is 1. The zero-order chi connectivity index (χ0) is 28.7. The molecular formula is C32H61NO6. The molecule has 0 saturated carbocycles. The second-order valence-corrected chi connectivity index (χ2v) is 10.2. The van der Waals surface area contributed by atoms with E-state index >= 15 is 0 Å². The Balaban J connectivity index is 4.07. The van der Waals surface area contributed by atoms with Crippen molar-refractivity contribution >= 4 is 6.16 Å². The smallest absolute Gasteiger partial charge is 0.450 e. The lowest BCUT2D eigenvalue weighted by atomic mass is 10.1. The second-order valence-electron chi connectivity index (χ2n) is 10.2. The summed E-state index contributed by atoms with van der Waals surface area (Å²) in [5.74, 6) is 0. The number of hydrogen-bond acceptors (Lipinski definition) is 6. The number of nitrogens with zero attached hydrogens (tertiary/aromatic N) is 1. The third-order valence-electron chi connectivity index (χ3n) is 6.62. The molecule has 0 rings (SSSR count). The Kier molecular flexibility index (Phi) is 30.0. The Morgan fingerprint density at radius 2 is 1.18 bits per heavy atom. The van der Waals surface area contributed by atoms with E-state index in [4.69, 9.17) is 14.6 Å². The molecule has 0 aromatic heterocycles. The van der Waals surface area contributed by atoms with Gasteiger partial charge in [0.2, 0.25) is 0 Å². The van der Waals surface area contributed by atoms with Gasteiger partial charge < -0.3 is 29.3 Å². The van der Waals surface area contributed by atoms with E-state index in [0.717, 1.165) is 103 Å². The van der Waals surface area contributed by atoms with Crippen molar-refractivity contribution in [1.29, 1.82) is 0 Å². The van der Waals surface area contributed by atoms with Crippen molar-refractivity contribution in [1.82, 2.24) is 4.90 Å². The molecule has 0 radical (unpaired) electrons. The van der Waals surface area contributed by atoms with E-state index in [-0.39, 0.29) is 19.5 Å². The molecule has 0 aliphatic carbocycles. The molecular weight excluding hydrogens is 494 g/mol. The Bertz CT molecular complexity index is 545. The van der Waals surface area contributed by atoms with Crippen LogP contribution in [0.2, 0.25) is 0 Å². The van der Waals surface area contributed by atoms with Crippen molar-refractivity contribution in [2.24, 2.45) is 0 Å². The summed E-state index contributed by atoms with van der Waals surface area (Å²) < 4.78 is 16.8. The fourth-order valence-corrected chi connectivity index (χ4v) is 4.37. The average molecular weight is 556 g/mol. The number of ether oxygens (including phenoxy) is 3. The van der Waals surface area contributed by atoms with Gasteiger partial charge in [0, 0.05) is 19.8 Å². The normalized spacial score (nSPS) is 12.0. The van der Waals surface area contributed by atoms with Gasteiger partial charge in [0.05, 0.1) is 13.2 Å². The van der Waals surface area contributed by atoms with Crippen LogP contribution in [0, 0.1) is 0 Å². The molecule has 0 aromatic carbocycles. The molecule has 0 spiro atoms. The van der Waals surface area contributed by atoms with Crippen LogP contribution in [0.25, 0.3) is 0 Å². The lowest BCUT2D eigenvalue weighted by molar-refractivity contribution is -0.147. The van der Waals surface area contributed by atoms with E-state index in [1.54, 1.807) is 0 Å². The van der Waals surface area contributed by atoms with Crippen molar-refractivity contribution in [2.75, 3.05) is 46.1 Å². The van der Waals surface area contributed by atoms with Gasteiger partial charge in [0.1, 0.15) is 0 Å². The average Bonchev–Trinajstić information content (AvgIpc) is 2.92. The van der Waals surface area contributed by atoms with Crippen LogP contribution in [0.3, 0.4) is 0 Å². The first-order valence-electron chi connectivity index (χ1n) is 15.9. The van der Waals surface area contributed by atoms with E-state index in [0.29, 0.717) is 6.54 Å². The third kappa shape index (κ3) is 29.4. The third-order valence-corrected chi connectivity index (χ3v) is 6.62. The summed E-state index contributed by atoms with van der Waals surface area (Å²) in [5.41, 5.74) is 0. The van der Waals surface area contributed by atoms with E-state index in [1.165, 1.54) is 32.1 Å². The lowest BCUT2D eigenvalue weighted by Crippen LogP contribution is -2.29. The highest BCUT2D eigenvalue weighted by atomic mass is 16.7. The molecule has 0 aliphatic rings. The van der Waals surface area contributed by atoms with Crippen molar-refractivity contribution in [3.63, 3.8) is 0 Å². The lowest BCUT2D eigenvalue weighted by Gasteiger charge is -2.21. The molecule has 39 heavy (non-hydrogen) atoms. The minimum atomic E-state index is -1.20. The van der Waals surface area contributed by atoms with Crippen LogP contribution in [0.15, 0.2) is 24.3 Å². The van der Waals surface area contributed by atoms with E-state index in [1.807, 2.05) is 0 Å². The van der Waals surface area contributed by atoms with Crippen LogP contribution in [-0.4, -0.2) is 73.6 Å². The van der Waals surface area contributed by atoms with Crippen molar-refractivity contribution in [2.45, 2.75) is 129 Å². The maximum atomic E-state index is 10.4. The van der Waals surface area contributed by atoms with E-state index in [9.17, 15) is 9.90 Å². The van der Waals surface area contributed by atoms with Gasteiger partial charge in [-0.25, -0.2) is 4.79 Å². The number of allylic oxidation sites excluding steroid dienone is 4. The molecule has 7 nitrogen and oxygen atoms in total. The molecule has 0 aliphatic heterocycles. The number of rotatable bonds is 30. The first-order chi connectivity index (χ1) is 19.1. The minimum Gasteiger partial charge on any atom is -0.450 e. The highest BCUT2D eigenvalue weighted by molar-refractivity contribution is 5.56. The van der Waals surface area contributed by atoms with Crippen LogP contribution < -0.4 is 0 Å². The Hall–Kier alpha value is -1.41. The van der Waals surface area contributed by atoms with Gasteiger partial charge in [-0.2, -0.15) is 0 Å². The molecule has 0 unspecified atom stereocenters. The van der Waals surface area contributed by atoms with E-state index < -0.39 is 6.16 Å². The standard InChI is InChI=1S/C32H61NO6/c1-3-5-7-9-14-20-28-37-31(38-29-21-15-10-8-6-4-2)23-17-12-11-13-18-24-33(26-27-34)25-19-16-22-30-39-32(35)36/h5-8,31,34H,3-4,9-30H2,1-2H3,(H,35,36)/b7-5-,8-6-. The number of carbonyl (C=O) groups is 1. The molecule has 7 heteroatoms. The van der Waals surface area contributed by atoms with Gasteiger partial charge >= 0.3 is 6.16 Å². The van der Waals surface area contributed by atoms with Crippen molar-refractivity contribution < 1.29 is 29.2 Å². The number of unbranched alkanes of at least 4 members (excludes halogenated alkanes) is 10. The van der Waals surface area contributed by atoms with Crippen LogP contribution in [-0.2, 0) is 14.2 Å².